The third kappa shape index (κ3) is 6.65. The summed E-state index contributed by atoms with van der Waals surface area (Å²) in [7, 11) is 0. The van der Waals surface area contributed by atoms with Gasteiger partial charge in [-0.2, -0.15) is 0 Å². The van der Waals surface area contributed by atoms with E-state index in [1.807, 2.05) is 0 Å². The van der Waals surface area contributed by atoms with Gasteiger partial charge in [-0.05, 0) is 27.7 Å². The molecule has 0 N–H and O–H groups in total. The molecule has 0 unspecified atom stereocenters. The van der Waals surface area contributed by atoms with E-state index < -0.39 is 18.0 Å². The average Bonchev–Trinajstić information content (AvgIpc) is 2.00. The third-order valence-corrected chi connectivity index (χ3v) is 1.39. The van der Waals surface area contributed by atoms with Crippen LogP contribution in [-0.4, -0.2) is 29.9 Å². The molecule has 15 heavy (non-hydrogen) atoms. The Morgan fingerprint density at radius 2 is 1.60 bits per heavy atom. The SMILES string of the molecule is CC(=O)CC(=O)O[C@H](C)C(=O)OC(C)C. The van der Waals surface area contributed by atoms with Gasteiger partial charge >= 0.3 is 11.9 Å². The first-order chi connectivity index (χ1) is 6.82. The predicted octanol–water partition coefficient (Wildman–Crippen LogP) is 0.849. The Balaban J connectivity index is 4.01. The number of esters is 2. The van der Waals surface area contributed by atoms with Crippen molar-refractivity contribution in [1.82, 2.24) is 0 Å². The Kier molecular flexibility index (Phi) is 5.59. The van der Waals surface area contributed by atoms with Crippen LogP contribution in [0.25, 0.3) is 0 Å². The largest absolute Gasteiger partial charge is 0.460 e. The Bertz CT molecular complexity index is 257. The van der Waals surface area contributed by atoms with Gasteiger partial charge in [0, 0.05) is 0 Å². The summed E-state index contributed by atoms with van der Waals surface area (Å²) in [6.07, 6.45) is -1.55. The maximum absolute atomic E-state index is 11.2. The minimum Gasteiger partial charge on any atom is -0.460 e. The normalized spacial score (nSPS) is 12.1. The lowest BCUT2D eigenvalue weighted by Gasteiger charge is -2.14. The summed E-state index contributed by atoms with van der Waals surface area (Å²) in [5.41, 5.74) is 0. The van der Waals surface area contributed by atoms with Gasteiger partial charge < -0.3 is 9.47 Å². The Labute approximate surface area is 88.7 Å². The topological polar surface area (TPSA) is 69.7 Å². The van der Waals surface area contributed by atoms with E-state index in [1.165, 1.54) is 13.8 Å². The van der Waals surface area contributed by atoms with E-state index in [9.17, 15) is 14.4 Å². The van der Waals surface area contributed by atoms with Crippen LogP contribution >= 0.6 is 0 Å². The molecule has 0 aliphatic carbocycles. The summed E-state index contributed by atoms with van der Waals surface area (Å²) >= 11 is 0. The zero-order valence-electron chi connectivity index (χ0n) is 9.40. The lowest BCUT2D eigenvalue weighted by atomic mass is 10.3. The molecule has 0 fully saturated rings. The van der Waals surface area contributed by atoms with Crippen LogP contribution in [0.1, 0.15) is 34.1 Å². The van der Waals surface area contributed by atoms with E-state index in [4.69, 9.17) is 4.74 Å². The van der Waals surface area contributed by atoms with Crippen LogP contribution in [0.2, 0.25) is 0 Å². The Morgan fingerprint density at radius 3 is 2.00 bits per heavy atom. The molecule has 0 aliphatic rings. The highest BCUT2D eigenvalue weighted by atomic mass is 16.6. The standard InChI is InChI=1S/C10H16O5/c1-6(2)14-10(13)8(4)15-9(12)5-7(3)11/h6,8H,5H2,1-4H3/t8-/m1/s1. The van der Waals surface area contributed by atoms with Crippen molar-refractivity contribution in [2.45, 2.75) is 46.3 Å². The van der Waals surface area contributed by atoms with Crippen LogP contribution in [0.3, 0.4) is 0 Å². The second-order valence-electron chi connectivity index (χ2n) is 3.50. The van der Waals surface area contributed by atoms with Gasteiger partial charge in [0.15, 0.2) is 6.10 Å². The first kappa shape index (κ1) is 13.6. The maximum Gasteiger partial charge on any atom is 0.347 e. The van der Waals surface area contributed by atoms with Gasteiger partial charge in [-0.25, -0.2) is 4.79 Å². The third-order valence-electron chi connectivity index (χ3n) is 1.39. The molecular formula is C10H16O5. The van der Waals surface area contributed by atoms with E-state index in [-0.39, 0.29) is 18.3 Å². The average molecular weight is 216 g/mol. The fourth-order valence-electron chi connectivity index (χ4n) is 0.818. The number of hydrogen-bond donors (Lipinski definition) is 0. The molecule has 0 aliphatic heterocycles. The molecule has 0 aromatic carbocycles. The minimum absolute atomic E-state index is 0.258. The second-order valence-corrected chi connectivity index (χ2v) is 3.50. The number of ether oxygens (including phenoxy) is 2. The monoisotopic (exact) mass is 216 g/mol. The molecule has 5 nitrogen and oxygen atoms in total. The van der Waals surface area contributed by atoms with Crippen LogP contribution in [-0.2, 0) is 23.9 Å². The van der Waals surface area contributed by atoms with Gasteiger partial charge in [-0.3, -0.25) is 9.59 Å². The minimum atomic E-state index is -0.973. The summed E-state index contributed by atoms with van der Waals surface area (Å²) in [6.45, 7) is 6.07. The van der Waals surface area contributed by atoms with Crippen LogP contribution in [0, 0.1) is 0 Å². The molecule has 1 atom stereocenters. The van der Waals surface area contributed by atoms with Crippen molar-refractivity contribution >= 4 is 17.7 Å². The number of hydrogen-bond acceptors (Lipinski definition) is 5. The summed E-state index contributed by atoms with van der Waals surface area (Å²) in [6, 6.07) is 0. The van der Waals surface area contributed by atoms with Crippen LogP contribution < -0.4 is 0 Å². The second kappa shape index (κ2) is 6.16. The Hall–Kier alpha value is -1.39. The molecule has 0 amide bonds. The first-order valence-electron chi connectivity index (χ1n) is 4.72. The van der Waals surface area contributed by atoms with Crippen molar-refractivity contribution in [3.63, 3.8) is 0 Å². The number of Topliss-reactive ketones (excluding diaryl/α,β-unsaturated/α-hetero) is 1. The van der Waals surface area contributed by atoms with Gasteiger partial charge in [0.25, 0.3) is 0 Å². The highest BCUT2D eigenvalue weighted by Crippen LogP contribution is 2.00. The van der Waals surface area contributed by atoms with Gasteiger partial charge in [0.1, 0.15) is 12.2 Å². The van der Waals surface area contributed by atoms with E-state index in [1.54, 1.807) is 13.8 Å². The summed E-state index contributed by atoms with van der Waals surface area (Å²) < 4.78 is 9.51. The number of carbonyl (C=O) groups is 3. The van der Waals surface area contributed by atoms with E-state index in [2.05, 4.69) is 4.74 Å². The highest BCUT2D eigenvalue weighted by molar-refractivity contribution is 5.94. The number of ketones is 1. The fraction of sp³-hybridized carbons (Fsp3) is 0.700. The van der Waals surface area contributed by atoms with Crippen LogP contribution in [0.4, 0.5) is 0 Å². The highest BCUT2D eigenvalue weighted by Gasteiger charge is 2.20. The van der Waals surface area contributed by atoms with E-state index in [0.29, 0.717) is 0 Å². The molecule has 0 heterocycles. The maximum atomic E-state index is 11.2. The molecule has 0 radical (unpaired) electrons. The van der Waals surface area contributed by atoms with Crippen molar-refractivity contribution in [2.75, 3.05) is 0 Å². The fourth-order valence-corrected chi connectivity index (χ4v) is 0.818. The zero-order valence-corrected chi connectivity index (χ0v) is 9.40. The van der Waals surface area contributed by atoms with Crippen molar-refractivity contribution in [3.05, 3.63) is 0 Å². The van der Waals surface area contributed by atoms with Gasteiger partial charge in [0.05, 0.1) is 6.10 Å². The molecular weight excluding hydrogens is 200 g/mol. The van der Waals surface area contributed by atoms with Crippen LogP contribution in [0.5, 0.6) is 0 Å². The summed E-state index contributed by atoms with van der Waals surface area (Å²) in [5.74, 6) is -1.62. The molecule has 0 bridgehead atoms. The molecule has 0 saturated carbocycles. The van der Waals surface area contributed by atoms with Crippen LogP contribution in [0.15, 0.2) is 0 Å². The first-order valence-corrected chi connectivity index (χ1v) is 4.72. The van der Waals surface area contributed by atoms with Crippen molar-refractivity contribution < 1.29 is 23.9 Å². The molecule has 5 heteroatoms. The lowest BCUT2D eigenvalue weighted by molar-refractivity contribution is -0.169. The van der Waals surface area contributed by atoms with Gasteiger partial charge in [-0.15, -0.1) is 0 Å². The number of rotatable bonds is 5. The summed E-state index contributed by atoms with van der Waals surface area (Å²) in [4.78, 5) is 32.8. The zero-order chi connectivity index (χ0) is 12.0. The molecule has 0 aromatic heterocycles. The van der Waals surface area contributed by atoms with Crippen molar-refractivity contribution in [1.29, 1.82) is 0 Å². The van der Waals surface area contributed by atoms with Crippen molar-refractivity contribution in [2.24, 2.45) is 0 Å². The predicted molar refractivity (Wildman–Crippen MR) is 52.1 cm³/mol. The summed E-state index contributed by atoms with van der Waals surface area (Å²) in [5, 5.41) is 0. The molecule has 0 aromatic rings. The molecule has 0 spiro atoms. The van der Waals surface area contributed by atoms with E-state index in [0.717, 1.165) is 0 Å². The van der Waals surface area contributed by atoms with Crippen molar-refractivity contribution in [3.8, 4) is 0 Å². The number of carbonyl (C=O) groups excluding carboxylic acids is 3. The molecule has 0 rings (SSSR count). The lowest BCUT2D eigenvalue weighted by Crippen LogP contribution is -2.28. The van der Waals surface area contributed by atoms with E-state index >= 15 is 0 Å². The van der Waals surface area contributed by atoms with Gasteiger partial charge in [0.2, 0.25) is 0 Å². The molecule has 0 saturated heterocycles. The smallest absolute Gasteiger partial charge is 0.347 e. The Morgan fingerprint density at radius 1 is 1.07 bits per heavy atom. The quantitative estimate of drug-likeness (QED) is 0.503. The molecule has 86 valence electrons. The van der Waals surface area contributed by atoms with Gasteiger partial charge in [-0.1, -0.05) is 0 Å².